The molecule has 1 aromatic heterocycles. The number of nitrogens with zero attached hydrogens (tertiary/aromatic N) is 3. The summed E-state index contributed by atoms with van der Waals surface area (Å²) < 4.78 is 13.2. The van der Waals surface area contributed by atoms with Crippen LogP contribution in [0.2, 0.25) is 0 Å². The van der Waals surface area contributed by atoms with Crippen molar-refractivity contribution in [2.24, 2.45) is 11.8 Å². The summed E-state index contributed by atoms with van der Waals surface area (Å²) >= 11 is 0. The van der Waals surface area contributed by atoms with Gasteiger partial charge in [-0.15, -0.1) is 0 Å². The maximum atomic E-state index is 13.6. The van der Waals surface area contributed by atoms with Crippen LogP contribution in [0.1, 0.15) is 77.2 Å². The zero-order valence-corrected chi connectivity index (χ0v) is 22.3. The molecule has 3 N–H and O–H groups in total. The summed E-state index contributed by atoms with van der Waals surface area (Å²) in [6, 6.07) is 8.96. The van der Waals surface area contributed by atoms with E-state index in [-0.39, 0.29) is 30.1 Å². The minimum Gasteiger partial charge on any atom is -0.365 e. The molecule has 0 radical (unpaired) electrons. The van der Waals surface area contributed by atoms with Gasteiger partial charge in [0, 0.05) is 31.2 Å². The number of rotatable bonds is 8. The first kappa shape index (κ1) is 25.9. The van der Waals surface area contributed by atoms with Gasteiger partial charge in [-0.3, -0.25) is 14.3 Å². The summed E-state index contributed by atoms with van der Waals surface area (Å²) in [4.78, 5) is 39.4. The Morgan fingerprint density at radius 3 is 2.53 bits per heavy atom. The van der Waals surface area contributed by atoms with E-state index in [9.17, 15) is 19.1 Å². The van der Waals surface area contributed by atoms with Gasteiger partial charge in [0.05, 0.1) is 17.2 Å². The highest BCUT2D eigenvalue weighted by atomic mass is 31.2. The highest BCUT2D eigenvalue weighted by Gasteiger charge is 2.39. The maximum Gasteiger partial charge on any atom is 0.327 e. The van der Waals surface area contributed by atoms with Crippen LogP contribution in [0.25, 0.3) is 11.0 Å². The molecule has 0 amide bonds. The van der Waals surface area contributed by atoms with Gasteiger partial charge < -0.3 is 19.7 Å². The molecule has 0 spiro atoms. The maximum absolute atomic E-state index is 13.6. The number of benzene rings is 1. The molecule has 2 aliphatic carbocycles. The van der Waals surface area contributed by atoms with E-state index in [4.69, 9.17) is 0 Å². The lowest BCUT2D eigenvalue weighted by Gasteiger charge is -2.49. The van der Waals surface area contributed by atoms with E-state index in [1.165, 1.54) is 38.5 Å². The standard InChI is InChI=1S/C27H41N4O4P/c1-2-6-21-18-22(11-13-30(21)23-16-19-7-5-8-20(15-19)17-23)31-25-10-4-3-9-24(25)29-26(27(31)32)28-12-14-36(33,34)35/h3-4,9-10,19-23H,2,5-8,11-18H2,1H3,(H,28,29)(H2,33,34,35)/t19-,20+,21-,22-,23?/m0/s1. The summed E-state index contributed by atoms with van der Waals surface area (Å²) in [5.41, 5.74) is 1.37. The smallest absolute Gasteiger partial charge is 0.327 e. The van der Waals surface area contributed by atoms with Crippen LogP contribution >= 0.6 is 7.60 Å². The number of piperidine rings is 1. The van der Waals surface area contributed by atoms with Gasteiger partial charge in [0.2, 0.25) is 0 Å². The van der Waals surface area contributed by atoms with Gasteiger partial charge in [-0.25, -0.2) is 4.98 Å². The van der Waals surface area contributed by atoms with Crippen LogP contribution in [0.15, 0.2) is 29.1 Å². The largest absolute Gasteiger partial charge is 0.365 e. The SMILES string of the molecule is CCC[C@H]1C[C@@H](n2c(=O)c(NCCP(=O)(O)O)nc3ccccc32)CCN1C1C[C@H]2CCC[C@@H](C1)C2. The van der Waals surface area contributed by atoms with Crippen molar-refractivity contribution < 1.29 is 14.4 Å². The van der Waals surface area contributed by atoms with Crippen LogP contribution in [0.5, 0.6) is 0 Å². The normalized spacial score (nSPS) is 29.4. The highest BCUT2D eigenvalue weighted by molar-refractivity contribution is 7.51. The van der Waals surface area contributed by atoms with E-state index in [1.54, 1.807) is 0 Å². The average Bonchev–Trinajstić information content (AvgIpc) is 2.84. The summed E-state index contributed by atoms with van der Waals surface area (Å²) in [6.45, 7) is 3.28. The quantitative estimate of drug-likeness (QED) is 0.434. The summed E-state index contributed by atoms with van der Waals surface area (Å²) in [6.07, 6.45) is 12.2. The minimum atomic E-state index is -4.15. The molecule has 1 aliphatic heterocycles. The van der Waals surface area contributed by atoms with Crippen molar-refractivity contribution in [3.63, 3.8) is 0 Å². The molecule has 9 heteroatoms. The third-order valence-electron chi connectivity index (χ3n) is 8.78. The molecule has 3 fully saturated rings. The number of fused-ring (bicyclic) bond motifs is 3. The first-order valence-electron chi connectivity index (χ1n) is 13.9. The molecule has 3 aliphatic rings. The summed E-state index contributed by atoms with van der Waals surface area (Å²) in [5, 5.41) is 2.91. The first-order valence-corrected chi connectivity index (χ1v) is 15.7. The lowest BCUT2D eigenvalue weighted by molar-refractivity contribution is 0.0107. The Hall–Kier alpha value is -1.73. The van der Waals surface area contributed by atoms with Gasteiger partial charge in [0.1, 0.15) is 0 Å². The van der Waals surface area contributed by atoms with Gasteiger partial charge >= 0.3 is 7.60 Å². The molecule has 2 saturated carbocycles. The third-order valence-corrected chi connectivity index (χ3v) is 9.59. The second-order valence-electron chi connectivity index (χ2n) is 11.3. The van der Waals surface area contributed by atoms with Gasteiger partial charge in [-0.2, -0.15) is 0 Å². The monoisotopic (exact) mass is 516 g/mol. The molecular weight excluding hydrogens is 475 g/mol. The fourth-order valence-electron chi connectivity index (χ4n) is 7.30. The van der Waals surface area contributed by atoms with Crippen LogP contribution in [0.3, 0.4) is 0 Å². The lowest BCUT2D eigenvalue weighted by atomic mass is 9.69. The number of aromatic nitrogens is 2. The second kappa shape index (κ2) is 10.9. The molecule has 2 bridgehead atoms. The first-order chi connectivity index (χ1) is 17.3. The zero-order valence-electron chi connectivity index (χ0n) is 21.4. The Labute approximate surface area is 213 Å². The second-order valence-corrected chi connectivity index (χ2v) is 13.1. The molecule has 198 valence electrons. The van der Waals surface area contributed by atoms with Crippen molar-refractivity contribution in [2.75, 3.05) is 24.6 Å². The van der Waals surface area contributed by atoms with Crippen LogP contribution in [0.4, 0.5) is 5.82 Å². The Balaban J connectivity index is 1.41. The Kier molecular flexibility index (Phi) is 7.87. The zero-order chi connectivity index (χ0) is 25.3. The Morgan fingerprint density at radius 2 is 1.81 bits per heavy atom. The average molecular weight is 517 g/mol. The number of likely N-dealkylation sites (tertiary alicyclic amines) is 1. The Bertz CT molecular complexity index is 1150. The fraction of sp³-hybridized carbons (Fsp3) is 0.704. The van der Waals surface area contributed by atoms with Crippen LogP contribution < -0.4 is 10.9 Å². The molecule has 1 unspecified atom stereocenters. The lowest BCUT2D eigenvalue weighted by Crippen LogP contribution is -2.52. The molecule has 2 aromatic rings. The van der Waals surface area contributed by atoms with Gasteiger partial charge in [-0.1, -0.05) is 44.7 Å². The van der Waals surface area contributed by atoms with E-state index in [2.05, 4.69) is 22.1 Å². The molecule has 5 rings (SSSR count). The number of hydrogen-bond acceptors (Lipinski definition) is 5. The van der Waals surface area contributed by atoms with E-state index in [0.29, 0.717) is 12.1 Å². The van der Waals surface area contributed by atoms with Crippen LogP contribution in [0, 0.1) is 11.8 Å². The van der Waals surface area contributed by atoms with Crippen molar-refractivity contribution in [1.82, 2.24) is 14.5 Å². The van der Waals surface area contributed by atoms with Crippen molar-refractivity contribution in [1.29, 1.82) is 0 Å². The fourth-order valence-corrected chi connectivity index (χ4v) is 7.70. The van der Waals surface area contributed by atoms with Crippen LogP contribution in [-0.2, 0) is 4.57 Å². The molecule has 1 aromatic carbocycles. The van der Waals surface area contributed by atoms with Crippen molar-refractivity contribution in [3.05, 3.63) is 34.6 Å². The van der Waals surface area contributed by atoms with Crippen molar-refractivity contribution in [2.45, 2.75) is 89.3 Å². The molecule has 36 heavy (non-hydrogen) atoms. The number of para-hydroxylation sites is 2. The van der Waals surface area contributed by atoms with Gasteiger partial charge in [0.15, 0.2) is 5.82 Å². The van der Waals surface area contributed by atoms with Crippen molar-refractivity contribution >= 4 is 24.4 Å². The molecule has 5 atom stereocenters. The van der Waals surface area contributed by atoms with E-state index in [1.807, 2.05) is 28.8 Å². The highest BCUT2D eigenvalue weighted by Crippen LogP contribution is 2.44. The molecular formula is C27H41N4O4P. The topological polar surface area (TPSA) is 108 Å². The number of nitrogens with one attached hydrogen (secondary N) is 1. The number of anilines is 1. The van der Waals surface area contributed by atoms with E-state index >= 15 is 0 Å². The van der Waals surface area contributed by atoms with Gasteiger partial charge in [0.25, 0.3) is 5.56 Å². The molecule has 2 heterocycles. The van der Waals surface area contributed by atoms with Gasteiger partial charge in [-0.05, 0) is 62.5 Å². The van der Waals surface area contributed by atoms with Crippen molar-refractivity contribution in [3.8, 4) is 0 Å². The summed E-state index contributed by atoms with van der Waals surface area (Å²) in [7, 11) is -4.15. The van der Waals surface area contributed by atoms with Crippen LogP contribution in [-0.4, -0.2) is 55.6 Å². The van der Waals surface area contributed by atoms with E-state index in [0.717, 1.165) is 55.1 Å². The third kappa shape index (κ3) is 5.72. The Morgan fingerprint density at radius 1 is 1.06 bits per heavy atom. The number of hydrogen-bond donors (Lipinski definition) is 3. The van der Waals surface area contributed by atoms with E-state index < -0.39 is 7.60 Å². The molecule has 8 nitrogen and oxygen atoms in total. The molecule has 1 saturated heterocycles. The predicted octanol–water partition coefficient (Wildman–Crippen LogP) is 4.76. The minimum absolute atomic E-state index is 0.00573. The summed E-state index contributed by atoms with van der Waals surface area (Å²) in [5.74, 6) is 1.98. The predicted molar refractivity (Wildman–Crippen MR) is 144 cm³/mol.